The van der Waals surface area contributed by atoms with Crippen LogP contribution in [0.3, 0.4) is 0 Å². The molecule has 2 heterocycles. The Balaban J connectivity index is 2.05. The number of hydrogen-bond acceptors (Lipinski definition) is 7. The van der Waals surface area contributed by atoms with Gasteiger partial charge in [-0.3, -0.25) is 19.8 Å². The van der Waals surface area contributed by atoms with E-state index < -0.39 is 28.7 Å². The van der Waals surface area contributed by atoms with E-state index in [1.807, 2.05) is 24.3 Å². The van der Waals surface area contributed by atoms with E-state index in [-0.39, 0.29) is 18.6 Å². The molecule has 0 radical (unpaired) electrons. The number of Topliss-reactive ketones (excluding diaryl/α,β-unsaturated/α-hetero) is 1. The molecular weight excluding hydrogens is 412 g/mol. The van der Waals surface area contributed by atoms with Crippen LogP contribution in [0.2, 0.25) is 0 Å². The number of carboxylic acids is 1. The summed E-state index contributed by atoms with van der Waals surface area (Å²) in [6.07, 6.45) is 3.84. The van der Waals surface area contributed by atoms with Crippen LogP contribution in [0.25, 0.3) is 11.3 Å². The van der Waals surface area contributed by atoms with E-state index in [2.05, 4.69) is 21.2 Å². The predicted molar refractivity (Wildman–Crippen MR) is 118 cm³/mol. The molecule has 3 atom stereocenters. The lowest BCUT2D eigenvalue weighted by Crippen LogP contribution is -2.71. The van der Waals surface area contributed by atoms with E-state index in [1.54, 1.807) is 13.8 Å². The molecule has 1 amide bonds. The number of rotatable bonds is 9. The van der Waals surface area contributed by atoms with E-state index >= 15 is 0 Å². The zero-order chi connectivity index (χ0) is 23.4. The van der Waals surface area contributed by atoms with Crippen LogP contribution in [-0.2, 0) is 14.4 Å². The van der Waals surface area contributed by atoms with Crippen LogP contribution in [0.1, 0.15) is 51.0 Å². The van der Waals surface area contributed by atoms with Gasteiger partial charge in [-0.1, -0.05) is 31.2 Å². The summed E-state index contributed by atoms with van der Waals surface area (Å²) >= 11 is 0. The SMILES string of the molecule is CCC(C)(CCC(=O)[C@@]1(C(=O)NC)NNCC[C@H]1c1ccccc1-c1cocn1)C(=O)O. The number of carbonyl (C=O) groups excluding carboxylic acids is 2. The molecule has 1 saturated heterocycles. The maximum Gasteiger partial charge on any atom is 0.309 e. The van der Waals surface area contributed by atoms with Crippen LogP contribution in [0.5, 0.6) is 0 Å². The topological polar surface area (TPSA) is 134 Å². The molecule has 0 aliphatic carbocycles. The first kappa shape index (κ1) is 23.6. The van der Waals surface area contributed by atoms with Gasteiger partial charge in [-0.2, -0.15) is 0 Å². The first-order valence-electron chi connectivity index (χ1n) is 10.8. The summed E-state index contributed by atoms with van der Waals surface area (Å²) in [5, 5.41) is 12.2. The fourth-order valence-electron chi connectivity index (χ4n) is 4.31. The standard InChI is InChI=1S/C23H30N4O5/c1-4-22(2,21(30)31)11-9-19(28)23(20(29)24-3)17(10-12-26-27-23)15-7-5-6-8-16(15)18-13-32-14-25-18/h5-8,13-14,17,26-27H,4,9-12H2,1-3H3,(H,24,29)(H,30,31)/t17-,22?,23-/m0/s1. The van der Waals surface area contributed by atoms with Crippen molar-refractivity contribution in [1.29, 1.82) is 0 Å². The molecule has 0 saturated carbocycles. The highest BCUT2D eigenvalue weighted by Gasteiger charge is 2.54. The Labute approximate surface area is 187 Å². The molecule has 1 aromatic heterocycles. The van der Waals surface area contributed by atoms with Gasteiger partial charge in [0.1, 0.15) is 12.0 Å². The smallest absolute Gasteiger partial charge is 0.309 e. The molecule has 4 N–H and O–H groups in total. The Morgan fingerprint density at radius 1 is 1.34 bits per heavy atom. The van der Waals surface area contributed by atoms with Crippen molar-refractivity contribution in [2.45, 2.75) is 51.0 Å². The van der Waals surface area contributed by atoms with Gasteiger partial charge in [0, 0.05) is 31.5 Å². The highest BCUT2D eigenvalue weighted by atomic mass is 16.4. The zero-order valence-electron chi connectivity index (χ0n) is 18.6. The second-order valence-corrected chi connectivity index (χ2v) is 8.38. The highest BCUT2D eigenvalue weighted by molar-refractivity contribution is 6.12. The van der Waals surface area contributed by atoms with Crippen LogP contribution in [0.4, 0.5) is 0 Å². The summed E-state index contributed by atoms with van der Waals surface area (Å²) in [5.74, 6) is -2.28. The fraction of sp³-hybridized carbons (Fsp3) is 0.478. The largest absolute Gasteiger partial charge is 0.481 e. The van der Waals surface area contributed by atoms with Gasteiger partial charge in [0.25, 0.3) is 0 Å². The maximum atomic E-state index is 13.7. The summed E-state index contributed by atoms with van der Waals surface area (Å²) in [5.41, 5.74) is 5.51. The molecule has 3 rings (SSSR count). The third kappa shape index (κ3) is 4.18. The van der Waals surface area contributed by atoms with Crippen molar-refractivity contribution >= 4 is 17.7 Å². The fourth-order valence-corrected chi connectivity index (χ4v) is 4.31. The van der Waals surface area contributed by atoms with Crippen molar-refractivity contribution in [3.05, 3.63) is 42.5 Å². The van der Waals surface area contributed by atoms with Crippen LogP contribution >= 0.6 is 0 Å². The number of benzene rings is 1. The van der Waals surface area contributed by atoms with Crippen molar-refractivity contribution in [2.75, 3.05) is 13.6 Å². The summed E-state index contributed by atoms with van der Waals surface area (Å²) in [6.45, 7) is 3.95. The first-order chi connectivity index (χ1) is 15.3. The number of oxazole rings is 1. The number of carbonyl (C=O) groups is 3. The second-order valence-electron chi connectivity index (χ2n) is 8.38. The molecule has 1 aliphatic heterocycles. The van der Waals surface area contributed by atoms with Crippen molar-refractivity contribution < 1.29 is 23.9 Å². The molecule has 0 bridgehead atoms. The monoisotopic (exact) mass is 442 g/mol. The molecule has 9 nitrogen and oxygen atoms in total. The van der Waals surface area contributed by atoms with E-state index in [9.17, 15) is 19.5 Å². The molecule has 1 aromatic carbocycles. The molecule has 32 heavy (non-hydrogen) atoms. The molecular formula is C23H30N4O5. The highest BCUT2D eigenvalue weighted by Crippen LogP contribution is 2.40. The summed E-state index contributed by atoms with van der Waals surface area (Å²) in [4.78, 5) is 42.9. The van der Waals surface area contributed by atoms with Gasteiger partial charge in [-0.15, -0.1) is 0 Å². The van der Waals surface area contributed by atoms with Crippen molar-refractivity contribution in [1.82, 2.24) is 21.2 Å². The van der Waals surface area contributed by atoms with E-state index in [0.717, 1.165) is 11.1 Å². The van der Waals surface area contributed by atoms with Gasteiger partial charge in [0.15, 0.2) is 17.7 Å². The number of nitrogens with zero attached hydrogens (tertiary/aromatic N) is 1. The van der Waals surface area contributed by atoms with E-state index in [1.165, 1.54) is 19.7 Å². The number of hydrogen-bond donors (Lipinski definition) is 4. The minimum Gasteiger partial charge on any atom is -0.481 e. The second kappa shape index (κ2) is 9.62. The number of aromatic nitrogens is 1. The number of likely N-dealkylation sites (N-methyl/N-ethyl adjacent to an activating group) is 1. The van der Waals surface area contributed by atoms with Gasteiger partial charge in [0.05, 0.1) is 5.41 Å². The lowest BCUT2D eigenvalue weighted by molar-refractivity contribution is -0.149. The van der Waals surface area contributed by atoms with Gasteiger partial charge < -0.3 is 14.8 Å². The zero-order valence-corrected chi connectivity index (χ0v) is 18.6. The average molecular weight is 443 g/mol. The molecule has 1 aliphatic rings. The number of aliphatic carboxylic acids is 1. The quantitative estimate of drug-likeness (QED) is 0.435. The Kier molecular flexibility index (Phi) is 7.10. The normalized spacial score (nSPS) is 22.7. The maximum absolute atomic E-state index is 13.7. The number of amides is 1. The number of carboxylic acid groups (broad SMARTS) is 1. The molecule has 9 heteroatoms. The van der Waals surface area contributed by atoms with Crippen LogP contribution < -0.4 is 16.2 Å². The molecule has 1 fully saturated rings. The first-order valence-corrected chi connectivity index (χ1v) is 10.8. The molecule has 0 spiro atoms. The third-order valence-electron chi connectivity index (χ3n) is 6.64. The predicted octanol–water partition coefficient (Wildman–Crippen LogP) is 2.26. The lowest BCUT2D eigenvalue weighted by Gasteiger charge is -2.43. The van der Waals surface area contributed by atoms with Crippen LogP contribution in [0.15, 0.2) is 41.3 Å². The molecule has 2 aromatic rings. The minimum atomic E-state index is -1.60. The van der Waals surface area contributed by atoms with Crippen molar-refractivity contribution in [2.24, 2.45) is 5.41 Å². The van der Waals surface area contributed by atoms with Crippen molar-refractivity contribution in [3.63, 3.8) is 0 Å². The average Bonchev–Trinajstić information content (AvgIpc) is 3.36. The Hall–Kier alpha value is -3.04. The summed E-state index contributed by atoms with van der Waals surface area (Å²) in [6, 6.07) is 7.50. The van der Waals surface area contributed by atoms with Gasteiger partial charge in [-0.25, -0.2) is 10.4 Å². The Morgan fingerprint density at radius 2 is 2.09 bits per heavy atom. The minimum absolute atomic E-state index is 0.0542. The van der Waals surface area contributed by atoms with Crippen molar-refractivity contribution in [3.8, 4) is 11.3 Å². The van der Waals surface area contributed by atoms with Crippen LogP contribution in [0, 0.1) is 5.41 Å². The van der Waals surface area contributed by atoms with Gasteiger partial charge >= 0.3 is 5.97 Å². The van der Waals surface area contributed by atoms with E-state index in [0.29, 0.717) is 25.1 Å². The van der Waals surface area contributed by atoms with Crippen LogP contribution in [-0.4, -0.2) is 46.9 Å². The lowest BCUT2D eigenvalue weighted by atomic mass is 9.69. The Morgan fingerprint density at radius 3 is 2.72 bits per heavy atom. The molecule has 1 unspecified atom stereocenters. The van der Waals surface area contributed by atoms with Gasteiger partial charge in [-0.05, 0) is 31.7 Å². The van der Waals surface area contributed by atoms with E-state index in [4.69, 9.17) is 4.42 Å². The molecule has 172 valence electrons. The Bertz CT molecular complexity index is 977. The number of hydrazine groups is 1. The number of nitrogens with one attached hydrogen (secondary N) is 3. The van der Waals surface area contributed by atoms with Gasteiger partial charge in [0.2, 0.25) is 5.91 Å². The number of ketones is 1. The summed E-state index contributed by atoms with van der Waals surface area (Å²) in [7, 11) is 1.49. The third-order valence-corrected chi connectivity index (χ3v) is 6.64. The summed E-state index contributed by atoms with van der Waals surface area (Å²) < 4.78 is 5.15.